The second-order valence-electron chi connectivity index (χ2n) is 6.99. The zero-order valence-corrected chi connectivity index (χ0v) is 16.8. The number of nitrogens with zero attached hydrogens (tertiary/aromatic N) is 1. The van der Waals surface area contributed by atoms with E-state index in [1.807, 2.05) is 6.07 Å². The Hall–Kier alpha value is -3.54. The van der Waals surface area contributed by atoms with Crippen molar-refractivity contribution in [3.63, 3.8) is 0 Å². The summed E-state index contributed by atoms with van der Waals surface area (Å²) in [6.07, 6.45) is -1.35. The lowest BCUT2D eigenvalue weighted by Gasteiger charge is -2.28. The molecule has 3 N–H and O–H groups in total. The van der Waals surface area contributed by atoms with Crippen molar-refractivity contribution in [1.82, 2.24) is 10.0 Å². The Bertz CT molecular complexity index is 1140. The topological polar surface area (TPSA) is 134 Å². The van der Waals surface area contributed by atoms with E-state index in [9.17, 15) is 18.0 Å². The molecule has 0 radical (unpaired) electrons. The van der Waals surface area contributed by atoms with Crippen LogP contribution < -0.4 is 23.8 Å². The normalized spacial score (nSPS) is 19.2. The summed E-state index contributed by atoms with van der Waals surface area (Å²) >= 11 is 0. The van der Waals surface area contributed by atoms with E-state index in [4.69, 9.17) is 14.6 Å². The van der Waals surface area contributed by atoms with Gasteiger partial charge in [-0.2, -0.15) is 8.42 Å². The van der Waals surface area contributed by atoms with Gasteiger partial charge in [0.1, 0.15) is 31.2 Å². The number of anilines is 1. The molecule has 1 fully saturated rings. The summed E-state index contributed by atoms with van der Waals surface area (Å²) < 4.78 is 54.0. The fraction of sp³-hybridized carbons (Fsp3) is 0.263. The molecule has 0 aliphatic carbocycles. The second-order valence-corrected chi connectivity index (χ2v) is 8.58. The summed E-state index contributed by atoms with van der Waals surface area (Å²) in [6.45, 7) is -0.625. The van der Waals surface area contributed by atoms with E-state index in [1.165, 1.54) is 6.07 Å². The molecule has 2 aromatic rings. The molecule has 0 saturated carbocycles. The molecule has 4 rings (SSSR count). The Kier molecular flexibility index (Phi) is 5.31. The van der Waals surface area contributed by atoms with Crippen LogP contribution in [0.4, 0.5) is 14.9 Å². The SMILES string of the molecule is O=C(O)N[C@@H]1COc2cc(OCc3ccccc3)c(N3CC(=O)NS3(=O)=O)c(F)c2C1. The van der Waals surface area contributed by atoms with Gasteiger partial charge in [-0.25, -0.2) is 18.2 Å². The Morgan fingerprint density at radius 2 is 2.10 bits per heavy atom. The summed E-state index contributed by atoms with van der Waals surface area (Å²) in [5, 5.41) is 11.1. The third-order valence-corrected chi connectivity index (χ3v) is 6.17. The molecule has 2 amide bonds. The summed E-state index contributed by atoms with van der Waals surface area (Å²) in [5.41, 5.74) is 0.311. The molecular formula is C19H18FN3O7S. The van der Waals surface area contributed by atoms with Crippen molar-refractivity contribution < 1.29 is 37.0 Å². The highest BCUT2D eigenvalue weighted by atomic mass is 32.2. The zero-order valence-electron chi connectivity index (χ0n) is 16.0. The molecule has 10 nitrogen and oxygen atoms in total. The van der Waals surface area contributed by atoms with Gasteiger partial charge in [0.05, 0.1) is 6.04 Å². The minimum Gasteiger partial charge on any atom is -0.491 e. The van der Waals surface area contributed by atoms with Gasteiger partial charge in [0.15, 0.2) is 11.6 Å². The van der Waals surface area contributed by atoms with Crippen molar-refractivity contribution in [2.45, 2.75) is 19.1 Å². The molecule has 1 atom stereocenters. The number of benzene rings is 2. The number of ether oxygens (including phenoxy) is 2. The van der Waals surface area contributed by atoms with E-state index in [2.05, 4.69) is 5.32 Å². The van der Waals surface area contributed by atoms with Crippen molar-refractivity contribution in [1.29, 1.82) is 0 Å². The molecule has 0 unspecified atom stereocenters. The first kappa shape index (κ1) is 20.7. The van der Waals surface area contributed by atoms with Gasteiger partial charge in [-0.3, -0.25) is 4.79 Å². The number of nitrogens with one attached hydrogen (secondary N) is 2. The van der Waals surface area contributed by atoms with Gasteiger partial charge in [0, 0.05) is 18.1 Å². The monoisotopic (exact) mass is 451 g/mol. The number of hydrogen-bond donors (Lipinski definition) is 3. The fourth-order valence-corrected chi connectivity index (χ4v) is 4.60. The Labute approximate surface area is 176 Å². The minimum absolute atomic E-state index is 0.0124. The Morgan fingerprint density at radius 1 is 1.35 bits per heavy atom. The first-order valence-electron chi connectivity index (χ1n) is 9.22. The van der Waals surface area contributed by atoms with Crippen LogP contribution in [0.5, 0.6) is 11.5 Å². The number of carbonyl (C=O) groups excluding carboxylic acids is 1. The largest absolute Gasteiger partial charge is 0.491 e. The average Bonchev–Trinajstić information content (AvgIpc) is 2.99. The Balaban J connectivity index is 1.76. The number of hydrogen-bond acceptors (Lipinski definition) is 6. The molecule has 1 saturated heterocycles. The van der Waals surface area contributed by atoms with E-state index in [1.54, 1.807) is 29.0 Å². The van der Waals surface area contributed by atoms with Crippen LogP contribution in [0, 0.1) is 5.82 Å². The van der Waals surface area contributed by atoms with Gasteiger partial charge in [-0.15, -0.1) is 0 Å². The van der Waals surface area contributed by atoms with Crippen LogP contribution in [0.25, 0.3) is 0 Å². The average molecular weight is 451 g/mol. The number of fused-ring (bicyclic) bond motifs is 1. The van der Waals surface area contributed by atoms with Crippen LogP contribution in [-0.2, 0) is 28.0 Å². The van der Waals surface area contributed by atoms with E-state index in [0.29, 0.717) is 4.31 Å². The predicted molar refractivity (Wildman–Crippen MR) is 106 cm³/mol. The third-order valence-electron chi connectivity index (χ3n) is 4.79. The van der Waals surface area contributed by atoms with Crippen LogP contribution in [-0.4, -0.2) is 44.7 Å². The van der Waals surface area contributed by atoms with Gasteiger partial charge < -0.3 is 19.9 Å². The van der Waals surface area contributed by atoms with E-state index >= 15 is 4.39 Å². The van der Waals surface area contributed by atoms with E-state index < -0.39 is 46.3 Å². The lowest BCUT2D eigenvalue weighted by Crippen LogP contribution is -2.42. The molecule has 0 bridgehead atoms. The molecule has 0 aromatic heterocycles. The first-order chi connectivity index (χ1) is 14.7. The number of carbonyl (C=O) groups is 2. The molecule has 0 spiro atoms. The van der Waals surface area contributed by atoms with E-state index in [0.717, 1.165) is 5.56 Å². The molecule has 2 heterocycles. The molecule has 164 valence electrons. The third kappa shape index (κ3) is 4.19. The van der Waals surface area contributed by atoms with Crippen LogP contribution in [0.15, 0.2) is 36.4 Å². The summed E-state index contributed by atoms with van der Waals surface area (Å²) in [4.78, 5) is 22.6. The second kappa shape index (κ2) is 7.95. The van der Waals surface area contributed by atoms with Crippen molar-refractivity contribution in [3.8, 4) is 11.5 Å². The quantitative estimate of drug-likeness (QED) is 0.621. The van der Waals surface area contributed by atoms with Gasteiger partial charge in [0.25, 0.3) is 5.91 Å². The summed E-state index contributed by atoms with van der Waals surface area (Å²) in [6, 6.07) is 9.59. The van der Waals surface area contributed by atoms with Crippen molar-refractivity contribution >= 4 is 27.9 Å². The molecule has 12 heteroatoms. The predicted octanol–water partition coefficient (Wildman–Crippen LogP) is 1.16. The van der Waals surface area contributed by atoms with Crippen LogP contribution >= 0.6 is 0 Å². The highest BCUT2D eigenvalue weighted by Gasteiger charge is 2.40. The zero-order chi connectivity index (χ0) is 22.2. The maximum atomic E-state index is 15.6. The van der Waals surface area contributed by atoms with Crippen molar-refractivity contribution in [2.75, 3.05) is 17.5 Å². The number of rotatable bonds is 5. The number of halogens is 1. The van der Waals surface area contributed by atoms with Gasteiger partial charge in [-0.05, 0) is 5.56 Å². The molecule has 31 heavy (non-hydrogen) atoms. The molecule has 2 aromatic carbocycles. The first-order valence-corrected chi connectivity index (χ1v) is 10.7. The number of amides is 2. The fourth-order valence-electron chi connectivity index (χ4n) is 3.44. The standard InChI is InChI=1S/C19H18FN3O7S/c20-17-13-6-12(21-19(25)26)10-30-14(13)7-15(29-9-11-4-2-1-3-5-11)18(17)23-8-16(24)22-31(23,27)28/h1-5,7,12,21H,6,8-10H2,(H,22,24)(H,25,26)/t12-/m0/s1. The smallest absolute Gasteiger partial charge is 0.405 e. The lowest BCUT2D eigenvalue weighted by molar-refractivity contribution is -0.117. The van der Waals surface area contributed by atoms with Gasteiger partial charge >= 0.3 is 16.3 Å². The maximum Gasteiger partial charge on any atom is 0.405 e. The summed E-state index contributed by atoms with van der Waals surface area (Å²) in [7, 11) is -4.31. The number of carboxylic acid groups (broad SMARTS) is 1. The molecule has 2 aliphatic heterocycles. The van der Waals surface area contributed by atoms with E-state index in [-0.39, 0.29) is 36.7 Å². The lowest BCUT2D eigenvalue weighted by atomic mass is 10.0. The highest BCUT2D eigenvalue weighted by Crippen LogP contribution is 2.42. The molecule has 2 aliphatic rings. The Morgan fingerprint density at radius 3 is 2.74 bits per heavy atom. The van der Waals surface area contributed by atoms with Crippen LogP contribution in [0.3, 0.4) is 0 Å². The highest BCUT2D eigenvalue weighted by molar-refractivity contribution is 7.92. The van der Waals surface area contributed by atoms with Crippen molar-refractivity contribution in [2.24, 2.45) is 0 Å². The van der Waals surface area contributed by atoms with Crippen molar-refractivity contribution in [3.05, 3.63) is 53.3 Å². The maximum absolute atomic E-state index is 15.6. The van der Waals surface area contributed by atoms with Gasteiger partial charge in [-0.1, -0.05) is 30.3 Å². The van der Waals surface area contributed by atoms with Gasteiger partial charge in [0.2, 0.25) is 0 Å². The minimum atomic E-state index is -4.31. The summed E-state index contributed by atoms with van der Waals surface area (Å²) in [5.74, 6) is -1.78. The van der Waals surface area contributed by atoms with Crippen LogP contribution in [0.1, 0.15) is 11.1 Å². The van der Waals surface area contributed by atoms with Crippen LogP contribution in [0.2, 0.25) is 0 Å². The molecular weight excluding hydrogens is 433 g/mol.